The van der Waals surface area contributed by atoms with Crippen LogP contribution >= 0.6 is 0 Å². The van der Waals surface area contributed by atoms with Crippen LogP contribution in [-0.2, 0) is 25.6 Å². The molecular formula is C34H38N4O8. The molecule has 12 heteroatoms. The summed E-state index contributed by atoms with van der Waals surface area (Å²) in [5.74, 6) is -7.01. The number of ketones is 2. The molecule has 1 heterocycles. The number of carbonyl (C=O) groups excluding carboxylic acids is 4. The summed E-state index contributed by atoms with van der Waals surface area (Å²) >= 11 is 0. The summed E-state index contributed by atoms with van der Waals surface area (Å²) in [4.78, 5) is 55.8. The van der Waals surface area contributed by atoms with Gasteiger partial charge in [0.25, 0.3) is 5.91 Å². The highest BCUT2D eigenvalue weighted by Gasteiger charge is 2.64. The molecule has 1 saturated heterocycles. The number of aliphatic hydroxyl groups is 3. The van der Waals surface area contributed by atoms with Gasteiger partial charge in [-0.1, -0.05) is 24.6 Å². The minimum atomic E-state index is -2.69. The van der Waals surface area contributed by atoms with Crippen LogP contribution in [0.1, 0.15) is 36.8 Å². The number of nitrogens with two attached hydrogens (primary N) is 1. The topological polar surface area (TPSA) is 194 Å². The molecule has 2 amide bonds. The van der Waals surface area contributed by atoms with E-state index in [0.29, 0.717) is 23.4 Å². The second-order valence-corrected chi connectivity index (χ2v) is 12.9. The fourth-order valence-corrected chi connectivity index (χ4v) is 7.77. The van der Waals surface area contributed by atoms with Crippen LogP contribution in [0.3, 0.4) is 0 Å². The molecule has 7 N–H and O–H groups in total. The third kappa shape index (κ3) is 4.97. The van der Waals surface area contributed by atoms with Crippen LogP contribution in [0.15, 0.2) is 53.3 Å². The molecule has 4 atom stereocenters. The Hall–Kier alpha value is -4.52. The normalized spacial score (nSPS) is 26.5. The number of likely N-dealkylation sites (N-methyl/N-ethyl adjacent to an activating group) is 1. The molecule has 0 bridgehead atoms. The first-order valence-electron chi connectivity index (χ1n) is 15.5. The average molecular weight is 631 g/mol. The van der Waals surface area contributed by atoms with Crippen molar-refractivity contribution >= 4 is 34.8 Å². The zero-order chi connectivity index (χ0) is 33.1. The van der Waals surface area contributed by atoms with Gasteiger partial charge in [-0.3, -0.25) is 29.0 Å². The monoisotopic (exact) mass is 630 g/mol. The van der Waals surface area contributed by atoms with E-state index in [1.807, 2.05) is 12.1 Å². The molecule has 1 unspecified atom stereocenters. The predicted octanol–water partition coefficient (Wildman–Crippen LogP) is 2.06. The fraction of sp³-hybridized carbons (Fsp3) is 0.412. The SMILES string of the molecule is CN(C)C1C(=O)C(C(N)=O)=C(O)[C@]2(O)C(=O)C3=C(O)c4c(O)ccc(-c5ccc(NC(=O)CN6CCCCC6)cc5)c4C[C@H]3C[C@H]12. The quantitative estimate of drug-likeness (QED) is 0.257. The van der Waals surface area contributed by atoms with E-state index in [1.165, 1.54) is 17.4 Å². The number of aromatic hydroxyl groups is 1. The van der Waals surface area contributed by atoms with Crippen LogP contribution in [0, 0.1) is 11.8 Å². The van der Waals surface area contributed by atoms with E-state index in [4.69, 9.17) is 5.73 Å². The third-order valence-electron chi connectivity index (χ3n) is 9.90. The van der Waals surface area contributed by atoms with Crippen LogP contribution in [0.5, 0.6) is 5.75 Å². The van der Waals surface area contributed by atoms with Gasteiger partial charge in [0.15, 0.2) is 11.4 Å². The smallest absolute Gasteiger partial charge is 0.255 e. The number of likely N-dealkylation sites (tertiary alicyclic amines) is 1. The predicted molar refractivity (Wildman–Crippen MR) is 169 cm³/mol. The number of benzene rings is 2. The molecule has 12 nitrogen and oxygen atoms in total. The third-order valence-corrected chi connectivity index (χ3v) is 9.90. The number of primary amides is 1. The average Bonchev–Trinajstić information content (AvgIpc) is 3.00. The van der Waals surface area contributed by atoms with Crippen molar-refractivity contribution in [1.29, 1.82) is 0 Å². The Bertz CT molecular complexity index is 1710. The number of anilines is 1. The number of phenolic OH excluding ortho intramolecular Hbond substituents is 1. The molecule has 1 saturated carbocycles. The van der Waals surface area contributed by atoms with E-state index >= 15 is 0 Å². The Morgan fingerprint density at radius 3 is 2.33 bits per heavy atom. The molecule has 2 fully saturated rings. The highest BCUT2D eigenvalue weighted by Crippen LogP contribution is 2.53. The Morgan fingerprint density at radius 1 is 1.02 bits per heavy atom. The molecule has 3 aliphatic carbocycles. The van der Waals surface area contributed by atoms with Crippen molar-refractivity contribution in [2.24, 2.45) is 17.6 Å². The molecule has 4 aliphatic rings. The number of amides is 2. The second kappa shape index (κ2) is 11.7. The Labute approximate surface area is 265 Å². The number of fused-ring (bicyclic) bond motifs is 3. The number of Topliss-reactive ketones (excluding diaryl/α,β-unsaturated/α-hetero) is 2. The van der Waals surface area contributed by atoms with Crippen molar-refractivity contribution in [3.05, 3.63) is 64.4 Å². The molecule has 0 aromatic heterocycles. The van der Waals surface area contributed by atoms with Crippen molar-refractivity contribution in [2.75, 3.05) is 39.0 Å². The van der Waals surface area contributed by atoms with Gasteiger partial charge in [-0.15, -0.1) is 0 Å². The zero-order valence-electron chi connectivity index (χ0n) is 25.7. The number of rotatable bonds is 6. The molecule has 0 radical (unpaired) electrons. The zero-order valence-corrected chi connectivity index (χ0v) is 25.7. The van der Waals surface area contributed by atoms with Crippen molar-refractivity contribution in [1.82, 2.24) is 9.80 Å². The van der Waals surface area contributed by atoms with Crippen LogP contribution in [0.25, 0.3) is 16.9 Å². The van der Waals surface area contributed by atoms with E-state index in [2.05, 4.69) is 10.2 Å². The van der Waals surface area contributed by atoms with E-state index < -0.39 is 58.0 Å². The van der Waals surface area contributed by atoms with Crippen molar-refractivity contribution in [3.63, 3.8) is 0 Å². The summed E-state index contributed by atoms with van der Waals surface area (Å²) in [5, 5.41) is 48.1. The Morgan fingerprint density at radius 2 is 1.70 bits per heavy atom. The lowest BCUT2D eigenvalue weighted by Crippen LogP contribution is -2.65. The van der Waals surface area contributed by atoms with Gasteiger partial charge in [-0.25, -0.2) is 0 Å². The first kappa shape index (κ1) is 31.5. The van der Waals surface area contributed by atoms with Gasteiger partial charge < -0.3 is 31.5 Å². The highest BCUT2D eigenvalue weighted by molar-refractivity contribution is 6.24. The maximum Gasteiger partial charge on any atom is 0.255 e. The van der Waals surface area contributed by atoms with Gasteiger partial charge in [0.1, 0.15) is 22.8 Å². The van der Waals surface area contributed by atoms with Crippen molar-refractivity contribution in [2.45, 2.75) is 43.7 Å². The lowest BCUT2D eigenvalue weighted by Gasteiger charge is -2.50. The summed E-state index contributed by atoms with van der Waals surface area (Å²) < 4.78 is 0. The number of hydrogen-bond donors (Lipinski definition) is 6. The van der Waals surface area contributed by atoms with Crippen LogP contribution in [0.2, 0.25) is 0 Å². The summed E-state index contributed by atoms with van der Waals surface area (Å²) in [7, 11) is 3.12. The second-order valence-electron chi connectivity index (χ2n) is 12.9. The number of hydrogen-bond acceptors (Lipinski definition) is 10. The molecule has 1 aliphatic heterocycles. The van der Waals surface area contributed by atoms with Crippen LogP contribution in [0.4, 0.5) is 5.69 Å². The first-order chi connectivity index (χ1) is 21.8. The van der Waals surface area contributed by atoms with Crippen molar-refractivity contribution in [3.8, 4) is 16.9 Å². The molecular weight excluding hydrogens is 592 g/mol. The fourth-order valence-electron chi connectivity index (χ4n) is 7.77. The summed E-state index contributed by atoms with van der Waals surface area (Å²) in [5.41, 5.74) is 4.28. The number of carbonyl (C=O) groups is 4. The van der Waals surface area contributed by atoms with Gasteiger partial charge in [0.05, 0.1) is 18.2 Å². The number of phenols is 1. The molecule has 242 valence electrons. The highest BCUT2D eigenvalue weighted by atomic mass is 16.3. The van der Waals surface area contributed by atoms with E-state index in [-0.39, 0.29) is 35.6 Å². The van der Waals surface area contributed by atoms with Crippen molar-refractivity contribution < 1.29 is 39.6 Å². The standard InChI is InChI=1S/C34H38N4O8/c1-37(2)28-22-15-18-14-21-20(17-6-8-19(9-7-17)36-24(40)16-38-12-4-3-5-13-38)10-11-23(39)26(21)29(41)25(18)31(43)34(22,46)32(44)27(30(28)42)33(35)45/h6-11,18,22,28,39,41,44,46H,3-5,12-16H2,1-2H3,(H2,35,45)(H,36,40)/t18-,22+,28?,34+/m0/s1. The minimum absolute atomic E-state index is 0.00282. The largest absolute Gasteiger partial charge is 0.508 e. The van der Waals surface area contributed by atoms with Gasteiger partial charge >= 0.3 is 0 Å². The summed E-state index contributed by atoms with van der Waals surface area (Å²) in [6, 6.07) is 9.14. The summed E-state index contributed by atoms with van der Waals surface area (Å²) in [6.07, 6.45) is 3.54. The van der Waals surface area contributed by atoms with Gasteiger partial charge in [-0.2, -0.15) is 0 Å². The molecule has 46 heavy (non-hydrogen) atoms. The van der Waals surface area contributed by atoms with Crippen LogP contribution in [-0.4, -0.2) is 99.0 Å². The number of nitrogens with zero attached hydrogens (tertiary/aromatic N) is 2. The van der Waals surface area contributed by atoms with Gasteiger partial charge in [-0.05, 0) is 93.7 Å². The number of aliphatic hydroxyl groups excluding tert-OH is 2. The maximum atomic E-state index is 14.0. The Balaban J connectivity index is 1.35. The van der Waals surface area contributed by atoms with E-state index in [1.54, 1.807) is 32.3 Å². The van der Waals surface area contributed by atoms with Crippen LogP contribution < -0.4 is 11.1 Å². The lowest BCUT2D eigenvalue weighted by molar-refractivity contribution is -0.153. The maximum absolute atomic E-state index is 14.0. The lowest BCUT2D eigenvalue weighted by atomic mass is 9.57. The number of piperidine rings is 1. The number of nitrogens with one attached hydrogen (secondary N) is 1. The van der Waals surface area contributed by atoms with E-state index in [9.17, 15) is 39.6 Å². The minimum Gasteiger partial charge on any atom is -0.508 e. The van der Waals surface area contributed by atoms with Gasteiger partial charge in [0.2, 0.25) is 11.7 Å². The molecule has 2 aromatic rings. The van der Waals surface area contributed by atoms with E-state index in [0.717, 1.165) is 31.5 Å². The first-order valence-corrected chi connectivity index (χ1v) is 15.5. The molecule has 0 spiro atoms. The Kier molecular flexibility index (Phi) is 7.99. The molecule has 2 aromatic carbocycles. The van der Waals surface area contributed by atoms with Gasteiger partial charge in [0, 0.05) is 17.2 Å². The summed E-state index contributed by atoms with van der Waals surface area (Å²) in [6.45, 7) is 2.15. The molecule has 6 rings (SSSR count).